The van der Waals surface area contributed by atoms with Gasteiger partial charge in [-0.1, -0.05) is 0 Å². The first-order chi connectivity index (χ1) is 6.81. The molecule has 0 aromatic rings. The Morgan fingerprint density at radius 1 is 1.21 bits per heavy atom. The highest BCUT2D eigenvalue weighted by Crippen LogP contribution is 2.33. The second kappa shape index (κ2) is 4.29. The molecule has 3 nitrogen and oxygen atoms in total. The number of hydrogen-bond donors (Lipinski definition) is 1. The van der Waals surface area contributed by atoms with Gasteiger partial charge >= 0.3 is 0 Å². The van der Waals surface area contributed by atoms with E-state index in [1.807, 2.05) is 0 Å². The predicted molar refractivity (Wildman–Crippen MR) is 55.6 cm³/mol. The summed E-state index contributed by atoms with van der Waals surface area (Å²) < 4.78 is 0. The molecule has 0 radical (unpaired) electrons. The maximum Gasteiger partial charge on any atom is 0.0635 e. The summed E-state index contributed by atoms with van der Waals surface area (Å²) in [5.41, 5.74) is 5.92. The topological polar surface area (TPSA) is 53.0 Å². The van der Waals surface area contributed by atoms with Gasteiger partial charge in [-0.05, 0) is 32.1 Å². The zero-order valence-electron chi connectivity index (χ0n) is 8.65. The third-order valence-electron chi connectivity index (χ3n) is 3.41. The van der Waals surface area contributed by atoms with E-state index < -0.39 is 0 Å². The minimum atomic E-state index is 0.406. The lowest BCUT2D eigenvalue weighted by molar-refractivity contribution is 0.191. The highest BCUT2D eigenvalue weighted by atomic mass is 15.2. The summed E-state index contributed by atoms with van der Waals surface area (Å²) in [5, 5.41) is 8.61. The second-order valence-electron chi connectivity index (χ2n) is 4.60. The molecule has 2 rings (SSSR count). The van der Waals surface area contributed by atoms with Crippen molar-refractivity contribution in [2.45, 2.75) is 56.7 Å². The fraction of sp³-hybridized carbons (Fsp3) is 0.909. The van der Waals surface area contributed by atoms with E-state index in [0.29, 0.717) is 18.5 Å². The van der Waals surface area contributed by atoms with Crippen LogP contribution >= 0.6 is 0 Å². The van der Waals surface area contributed by atoms with E-state index in [2.05, 4.69) is 11.0 Å². The average Bonchev–Trinajstić information content (AvgIpc) is 2.91. The molecule has 0 aromatic heterocycles. The third kappa shape index (κ3) is 2.26. The lowest BCUT2D eigenvalue weighted by atomic mass is 10.2. The molecule has 14 heavy (non-hydrogen) atoms. The van der Waals surface area contributed by atoms with E-state index in [1.165, 1.54) is 25.7 Å². The molecule has 0 amide bonds. The molecule has 0 aliphatic heterocycles. The molecule has 2 saturated carbocycles. The molecule has 0 heterocycles. The van der Waals surface area contributed by atoms with Crippen molar-refractivity contribution in [2.75, 3.05) is 6.54 Å². The zero-order chi connectivity index (χ0) is 9.97. The lowest BCUT2D eigenvalue weighted by Crippen LogP contribution is -2.37. The molecule has 0 bridgehead atoms. The maximum atomic E-state index is 8.61. The first kappa shape index (κ1) is 9.95. The second-order valence-corrected chi connectivity index (χ2v) is 4.60. The molecule has 2 fully saturated rings. The molecule has 3 heteroatoms. The quantitative estimate of drug-likeness (QED) is 0.731. The summed E-state index contributed by atoms with van der Waals surface area (Å²) in [7, 11) is 0. The fourth-order valence-corrected chi connectivity index (χ4v) is 2.54. The Balaban J connectivity index is 1.86. The molecule has 2 aliphatic carbocycles. The van der Waals surface area contributed by atoms with E-state index in [-0.39, 0.29) is 0 Å². The molecule has 2 unspecified atom stereocenters. The Labute approximate surface area is 85.9 Å². The normalized spacial score (nSPS) is 32.1. The van der Waals surface area contributed by atoms with Gasteiger partial charge in [0.15, 0.2) is 0 Å². The largest absolute Gasteiger partial charge is 0.328 e. The van der Waals surface area contributed by atoms with Gasteiger partial charge in [-0.2, -0.15) is 5.26 Å². The highest BCUT2D eigenvalue weighted by Gasteiger charge is 2.36. The highest BCUT2D eigenvalue weighted by molar-refractivity contribution is 4.94. The zero-order valence-corrected chi connectivity index (χ0v) is 8.65. The molecule has 78 valence electrons. The lowest BCUT2D eigenvalue weighted by Gasteiger charge is -2.27. The van der Waals surface area contributed by atoms with Gasteiger partial charge < -0.3 is 5.73 Å². The Kier molecular flexibility index (Phi) is 3.05. The van der Waals surface area contributed by atoms with Gasteiger partial charge in [0.25, 0.3) is 0 Å². The minimum absolute atomic E-state index is 0.406. The van der Waals surface area contributed by atoms with Crippen LogP contribution in [0.5, 0.6) is 0 Å². The van der Waals surface area contributed by atoms with Gasteiger partial charge in [-0.25, -0.2) is 0 Å². The molecule has 2 aliphatic rings. The van der Waals surface area contributed by atoms with E-state index in [9.17, 15) is 0 Å². The van der Waals surface area contributed by atoms with Gasteiger partial charge in [0.05, 0.1) is 6.07 Å². The average molecular weight is 193 g/mol. The van der Waals surface area contributed by atoms with Gasteiger partial charge in [0.1, 0.15) is 0 Å². The molecule has 0 saturated heterocycles. The molecule has 2 N–H and O–H groups in total. The monoisotopic (exact) mass is 193 g/mol. The smallest absolute Gasteiger partial charge is 0.0635 e. The van der Waals surface area contributed by atoms with E-state index >= 15 is 0 Å². The van der Waals surface area contributed by atoms with Crippen molar-refractivity contribution in [3.05, 3.63) is 0 Å². The van der Waals surface area contributed by atoms with Crippen molar-refractivity contribution in [1.29, 1.82) is 5.26 Å². The van der Waals surface area contributed by atoms with Crippen LogP contribution in [-0.4, -0.2) is 29.6 Å². The van der Waals surface area contributed by atoms with Crippen molar-refractivity contribution < 1.29 is 0 Å². The Hall–Kier alpha value is -0.590. The predicted octanol–water partition coefficient (Wildman–Crippen LogP) is 1.24. The van der Waals surface area contributed by atoms with Crippen molar-refractivity contribution >= 4 is 0 Å². The first-order valence-corrected chi connectivity index (χ1v) is 5.69. The summed E-state index contributed by atoms with van der Waals surface area (Å²) >= 11 is 0. The van der Waals surface area contributed by atoms with E-state index in [0.717, 1.165) is 19.0 Å². The summed E-state index contributed by atoms with van der Waals surface area (Å²) in [6.07, 6.45) is 6.88. The molecule has 0 spiro atoms. The molecular weight excluding hydrogens is 174 g/mol. The Morgan fingerprint density at radius 3 is 2.43 bits per heavy atom. The number of nitrogens with two attached hydrogens (primary N) is 1. The molecular formula is C11H19N3. The van der Waals surface area contributed by atoms with Crippen LogP contribution in [0.15, 0.2) is 0 Å². The number of nitriles is 1. The molecule has 0 aromatic carbocycles. The Morgan fingerprint density at radius 2 is 1.93 bits per heavy atom. The van der Waals surface area contributed by atoms with Crippen LogP contribution in [0, 0.1) is 11.3 Å². The minimum Gasteiger partial charge on any atom is -0.328 e. The van der Waals surface area contributed by atoms with Gasteiger partial charge in [-0.3, -0.25) is 4.90 Å². The first-order valence-electron chi connectivity index (χ1n) is 5.69. The summed E-state index contributed by atoms with van der Waals surface area (Å²) in [6, 6.07) is 4.10. The molecule has 2 atom stereocenters. The standard InChI is InChI=1S/C11H19N3/c12-6-1-7-14(10-4-5-10)11-3-2-9(13)8-11/h9-11H,1-5,7-8,13H2. The third-order valence-corrected chi connectivity index (χ3v) is 3.41. The number of hydrogen-bond acceptors (Lipinski definition) is 3. The van der Waals surface area contributed by atoms with Crippen molar-refractivity contribution in [2.24, 2.45) is 5.73 Å². The van der Waals surface area contributed by atoms with E-state index in [1.54, 1.807) is 0 Å². The van der Waals surface area contributed by atoms with Crippen LogP contribution in [0.4, 0.5) is 0 Å². The summed E-state index contributed by atoms with van der Waals surface area (Å²) in [6.45, 7) is 0.957. The summed E-state index contributed by atoms with van der Waals surface area (Å²) in [4.78, 5) is 2.54. The van der Waals surface area contributed by atoms with Gasteiger partial charge in [0.2, 0.25) is 0 Å². The van der Waals surface area contributed by atoms with Crippen LogP contribution in [0.1, 0.15) is 38.5 Å². The van der Waals surface area contributed by atoms with Crippen LogP contribution < -0.4 is 5.73 Å². The van der Waals surface area contributed by atoms with Crippen LogP contribution in [0.3, 0.4) is 0 Å². The van der Waals surface area contributed by atoms with Crippen molar-refractivity contribution in [3.63, 3.8) is 0 Å². The number of rotatable bonds is 4. The van der Waals surface area contributed by atoms with Gasteiger partial charge in [-0.15, -0.1) is 0 Å². The van der Waals surface area contributed by atoms with Crippen molar-refractivity contribution in [1.82, 2.24) is 4.90 Å². The Bertz CT molecular complexity index is 229. The van der Waals surface area contributed by atoms with Gasteiger partial charge in [0, 0.05) is 31.1 Å². The SMILES string of the molecule is N#CCCN(C1CC1)C1CCC(N)C1. The van der Waals surface area contributed by atoms with Crippen LogP contribution in [-0.2, 0) is 0 Å². The summed E-state index contributed by atoms with van der Waals surface area (Å²) in [5.74, 6) is 0. The maximum absolute atomic E-state index is 8.61. The van der Waals surface area contributed by atoms with Crippen LogP contribution in [0.2, 0.25) is 0 Å². The number of nitrogens with zero attached hydrogens (tertiary/aromatic N) is 2. The fourth-order valence-electron chi connectivity index (χ4n) is 2.54. The van der Waals surface area contributed by atoms with Crippen LogP contribution in [0.25, 0.3) is 0 Å². The van der Waals surface area contributed by atoms with Crippen molar-refractivity contribution in [3.8, 4) is 6.07 Å². The van der Waals surface area contributed by atoms with E-state index in [4.69, 9.17) is 11.0 Å².